The molecule has 0 spiro atoms. The number of hydrogen-bond acceptors (Lipinski definition) is 4. The summed E-state index contributed by atoms with van der Waals surface area (Å²) in [5, 5.41) is 5.01. The van der Waals surface area contributed by atoms with Crippen LogP contribution in [0.2, 0.25) is 0 Å². The molecule has 1 amide bonds. The Kier molecular flexibility index (Phi) is 4.64. The van der Waals surface area contributed by atoms with Crippen molar-refractivity contribution < 1.29 is 9.53 Å². The Morgan fingerprint density at radius 3 is 2.70 bits per heavy atom. The molecular weight excluding hydrogens is 360 g/mol. The Labute approximate surface area is 159 Å². The van der Waals surface area contributed by atoms with Gasteiger partial charge in [0.1, 0.15) is 5.75 Å². The maximum Gasteiger partial charge on any atom is 0.308 e. The van der Waals surface area contributed by atoms with Gasteiger partial charge in [-0.1, -0.05) is 41.7 Å². The van der Waals surface area contributed by atoms with E-state index in [0.29, 0.717) is 18.0 Å². The second kappa shape index (κ2) is 7.25. The number of rotatable bonds is 5. The Bertz CT molecular complexity index is 1190. The van der Waals surface area contributed by atoms with Crippen LogP contribution in [0.1, 0.15) is 6.92 Å². The predicted molar refractivity (Wildman–Crippen MR) is 110 cm³/mol. The molecule has 1 heterocycles. The van der Waals surface area contributed by atoms with E-state index in [0.717, 1.165) is 21.0 Å². The van der Waals surface area contributed by atoms with Crippen LogP contribution in [0.25, 0.3) is 21.0 Å². The maximum absolute atomic E-state index is 12.2. The van der Waals surface area contributed by atoms with Gasteiger partial charge in [-0.25, -0.2) is 0 Å². The van der Waals surface area contributed by atoms with E-state index in [2.05, 4.69) is 5.32 Å². The molecule has 3 aromatic carbocycles. The molecule has 0 fully saturated rings. The van der Waals surface area contributed by atoms with Gasteiger partial charge in [-0.15, -0.1) is 0 Å². The van der Waals surface area contributed by atoms with Crippen LogP contribution in [0.4, 0.5) is 5.69 Å². The summed E-state index contributed by atoms with van der Waals surface area (Å²) in [6, 6.07) is 19.2. The number of fused-ring (bicyclic) bond motifs is 2. The van der Waals surface area contributed by atoms with Crippen LogP contribution in [0.5, 0.6) is 5.75 Å². The van der Waals surface area contributed by atoms with E-state index in [1.165, 1.54) is 11.3 Å². The normalized spacial score (nSPS) is 11.0. The number of carbonyl (C=O) groups excluding carboxylic acids is 1. The highest BCUT2D eigenvalue weighted by Gasteiger charge is 2.09. The molecule has 27 heavy (non-hydrogen) atoms. The summed E-state index contributed by atoms with van der Waals surface area (Å²) in [5.74, 6) is 0.405. The number of aromatic nitrogens is 1. The SMILES string of the molecule is CCn1c(=O)sc2cc(NC(=O)COc3ccc4ccccc4c3)ccc21. The number of ether oxygens (including phenoxy) is 1. The van der Waals surface area contributed by atoms with Gasteiger partial charge in [-0.2, -0.15) is 0 Å². The zero-order valence-corrected chi connectivity index (χ0v) is 15.6. The number of thiazole rings is 1. The highest BCUT2D eigenvalue weighted by atomic mass is 32.1. The molecule has 5 nitrogen and oxygen atoms in total. The van der Waals surface area contributed by atoms with Gasteiger partial charge in [0, 0.05) is 12.2 Å². The first-order chi connectivity index (χ1) is 13.1. The Morgan fingerprint density at radius 2 is 1.89 bits per heavy atom. The first-order valence-corrected chi connectivity index (χ1v) is 9.50. The molecule has 6 heteroatoms. The van der Waals surface area contributed by atoms with Gasteiger partial charge in [0.05, 0.1) is 10.2 Å². The number of anilines is 1. The summed E-state index contributed by atoms with van der Waals surface area (Å²) in [4.78, 5) is 24.2. The van der Waals surface area contributed by atoms with Gasteiger partial charge < -0.3 is 10.1 Å². The van der Waals surface area contributed by atoms with Gasteiger partial charge in [0.15, 0.2) is 6.61 Å². The van der Waals surface area contributed by atoms with Crippen molar-refractivity contribution in [1.82, 2.24) is 4.57 Å². The van der Waals surface area contributed by atoms with Gasteiger partial charge in [0.25, 0.3) is 5.91 Å². The summed E-state index contributed by atoms with van der Waals surface area (Å²) in [5.41, 5.74) is 1.54. The van der Waals surface area contributed by atoms with Crippen molar-refractivity contribution in [2.75, 3.05) is 11.9 Å². The van der Waals surface area contributed by atoms with Gasteiger partial charge in [-0.3, -0.25) is 14.2 Å². The standard InChI is InChI=1S/C21H18N2O3S/c1-2-23-18-10-8-16(12-19(18)27-21(23)25)22-20(24)13-26-17-9-7-14-5-3-4-6-15(14)11-17/h3-12H,2,13H2,1H3,(H,22,24). The van der Waals surface area contributed by atoms with Crippen LogP contribution in [-0.2, 0) is 11.3 Å². The van der Waals surface area contributed by atoms with Crippen LogP contribution in [-0.4, -0.2) is 17.1 Å². The topological polar surface area (TPSA) is 60.3 Å². The second-order valence-electron chi connectivity index (χ2n) is 6.14. The average molecular weight is 378 g/mol. The Hall–Kier alpha value is -3.12. The molecule has 136 valence electrons. The molecule has 4 aromatic rings. The van der Waals surface area contributed by atoms with E-state index >= 15 is 0 Å². The van der Waals surface area contributed by atoms with E-state index in [1.54, 1.807) is 10.6 Å². The van der Waals surface area contributed by atoms with E-state index < -0.39 is 0 Å². The van der Waals surface area contributed by atoms with Crippen LogP contribution in [0.3, 0.4) is 0 Å². The third-order valence-electron chi connectivity index (χ3n) is 4.36. The molecule has 0 atom stereocenters. The number of hydrogen-bond donors (Lipinski definition) is 1. The van der Waals surface area contributed by atoms with Crippen molar-refractivity contribution in [3.8, 4) is 5.75 Å². The first-order valence-electron chi connectivity index (χ1n) is 8.69. The van der Waals surface area contributed by atoms with E-state index in [-0.39, 0.29) is 17.4 Å². The molecule has 0 radical (unpaired) electrons. The number of carbonyl (C=O) groups is 1. The lowest BCUT2D eigenvalue weighted by Crippen LogP contribution is -2.20. The third-order valence-corrected chi connectivity index (χ3v) is 5.30. The molecule has 0 aliphatic carbocycles. The molecule has 4 rings (SSSR count). The molecule has 1 N–H and O–H groups in total. The highest BCUT2D eigenvalue weighted by Crippen LogP contribution is 2.23. The van der Waals surface area contributed by atoms with E-state index in [4.69, 9.17) is 4.74 Å². The summed E-state index contributed by atoms with van der Waals surface area (Å²) in [7, 11) is 0. The van der Waals surface area contributed by atoms with Crippen molar-refractivity contribution >= 4 is 43.9 Å². The zero-order valence-electron chi connectivity index (χ0n) is 14.8. The van der Waals surface area contributed by atoms with Crippen LogP contribution < -0.4 is 14.9 Å². The molecule has 0 unspecified atom stereocenters. The minimum absolute atomic E-state index is 0.00983. The number of nitrogens with one attached hydrogen (secondary N) is 1. The van der Waals surface area contributed by atoms with Crippen molar-refractivity contribution in [2.45, 2.75) is 13.5 Å². The monoisotopic (exact) mass is 378 g/mol. The van der Waals surface area contributed by atoms with Crippen molar-refractivity contribution in [3.63, 3.8) is 0 Å². The zero-order chi connectivity index (χ0) is 18.8. The molecule has 0 bridgehead atoms. The molecule has 0 aliphatic rings. The van der Waals surface area contributed by atoms with Crippen LogP contribution in [0.15, 0.2) is 65.5 Å². The molecule has 0 saturated heterocycles. The number of nitrogens with zero attached hydrogens (tertiary/aromatic N) is 1. The number of benzene rings is 3. The summed E-state index contributed by atoms with van der Waals surface area (Å²) >= 11 is 1.18. The first kappa shape index (κ1) is 17.3. The third kappa shape index (κ3) is 3.57. The average Bonchev–Trinajstić information content (AvgIpc) is 3.00. The molecule has 0 saturated carbocycles. The largest absolute Gasteiger partial charge is 0.484 e. The predicted octanol–water partition coefficient (Wildman–Crippen LogP) is 4.25. The highest BCUT2D eigenvalue weighted by molar-refractivity contribution is 7.16. The minimum atomic E-state index is -0.246. The Balaban J connectivity index is 1.44. The van der Waals surface area contributed by atoms with Crippen molar-refractivity contribution in [3.05, 3.63) is 70.3 Å². The fourth-order valence-electron chi connectivity index (χ4n) is 3.05. The molecular formula is C21H18N2O3S. The van der Waals surface area contributed by atoms with Crippen LogP contribution >= 0.6 is 11.3 Å². The smallest absolute Gasteiger partial charge is 0.308 e. The van der Waals surface area contributed by atoms with Crippen molar-refractivity contribution in [1.29, 1.82) is 0 Å². The van der Waals surface area contributed by atoms with Gasteiger partial charge in [-0.05, 0) is 48.0 Å². The Morgan fingerprint density at radius 1 is 1.07 bits per heavy atom. The number of aryl methyl sites for hydroxylation is 1. The number of amides is 1. The molecule has 0 aliphatic heterocycles. The second-order valence-corrected chi connectivity index (χ2v) is 7.13. The summed E-state index contributed by atoms with van der Waals surface area (Å²) in [6.07, 6.45) is 0. The van der Waals surface area contributed by atoms with Gasteiger partial charge in [0.2, 0.25) is 0 Å². The fraction of sp³-hybridized carbons (Fsp3) is 0.143. The van der Waals surface area contributed by atoms with Crippen LogP contribution in [0, 0.1) is 0 Å². The summed E-state index contributed by atoms with van der Waals surface area (Å²) in [6.45, 7) is 2.49. The van der Waals surface area contributed by atoms with E-state index in [9.17, 15) is 9.59 Å². The maximum atomic E-state index is 12.2. The summed E-state index contributed by atoms with van der Waals surface area (Å²) < 4.78 is 8.19. The van der Waals surface area contributed by atoms with Crippen molar-refractivity contribution in [2.24, 2.45) is 0 Å². The molecule has 1 aromatic heterocycles. The lowest BCUT2D eigenvalue weighted by Gasteiger charge is -2.09. The van der Waals surface area contributed by atoms with E-state index in [1.807, 2.05) is 61.5 Å². The quantitative estimate of drug-likeness (QED) is 0.565. The fourth-order valence-corrected chi connectivity index (χ4v) is 4.04. The minimum Gasteiger partial charge on any atom is -0.484 e. The lowest BCUT2D eigenvalue weighted by molar-refractivity contribution is -0.118. The lowest BCUT2D eigenvalue weighted by atomic mass is 10.1. The van der Waals surface area contributed by atoms with Gasteiger partial charge >= 0.3 is 4.87 Å².